The van der Waals surface area contributed by atoms with Crippen molar-refractivity contribution in [1.82, 2.24) is 16.0 Å². The van der Waals surface area contributed by atoms with Crippen molar-refractivity contribution in [2.24, 2.45) is 0 Å². The van der Waals surface area contributed by atoms with Gasteiger partial charge in [-0.3, -0.25) is 14.9 Å². The molecule has 1 saturated heterocycles. The van der Waals surface area contributed by atoms with Crippen LogP contribution in [-0.2, 0) is 16.1 Å². The molecule has 1 saturated carbocycles. The molecular formula is C24H28N4O3. The van der Waals surface area contributed by atoms with Crippen LogP contribution in [0.25, 0.3) is 0 Å². The Labute approximate surface area is 182 Å². The molecule has 1 aliphatic carbocycles. The number of carbonyl (C=O) groups excluding carboxylic acids is 3. The van der Waals surface area contributed by atoms with Crippen LogP contribution in [0.15, 0.2) is 48.5 Å². The second kappa shape index (κ2) is 9.64. The molecule has 2 aliphatic rings. The average molecular weight is 421 g/mol. The number of hydrogen-bond acceptors (Lipinski definition) is 4. The third-order valence-electron chi connectivity index (χ3n) is 5.96. The van der Waals surface area contributed by atoms with E-state index in [2.05, 4.69) is 45.5 Å². The van der Waals surface area contributed by atoms with Gasteiger partial charge in [0, 0.05) is 17.9 Å². The Bertz CT molecular complexity index is 918. The van der Waals surface area contributed by atoms with Crippen molar-refractivity contribution in [1.29, 1.82) is 0 Å². The van der Waals surface area contributed by atoms with Gasteiger partial charge in [-0.25, -0.2) is 4.79 Å². The second-order valence-corrected chi connectivity index (χ2v) is 8.28. The van der Waals surface area contributed by atoms with E-state index in [-0.39, 0.29) is 12.3 Å². The van der Waals surface area contributed by atoms with Gasteiger partial charge in [0.2, 0.25) is 11.8 Å². The fourth-order valence-corrected chi connectivity index (χ4v) is 4.23. The Hall–Kier alpha value is -3.35. The third-order valence-corrected chi connectivity index (χ3v) is 5.96. The first-order chi connectivity index (χ1) is 15.1. The topological polar surface area (TPSA) is 99.3 Å². The van der Waals surface area contributed by atoms with E-state index in [1.807, 2.05) is 24.3 Å². The molecule has 0 spiro atoms. The van der Waals surface area contributed by atoms with Gasteiger partial charge >= 0.3 is 6.03 Å². The van der Waals surface area contributed by atoms with Crippen LogP contribution in [0.3, 0.4) is 0 Å². The van der Waals surface area contributed by atoms with E-state index in [1.54, 1.807) is 0 Å². The predicted molar refractivity (Wildman–Crippen MR) is 119 cm³/mol. The first-order valence-corrected chi connectivity index (χ1v) is 10.9. The fourth-order valence-electron chi connectivity index (χ4n) is 4.23. The van der Waals surface area contributed by atoms with Crippen molar-refractivity contribution < 1.29 is 14.4 Å². The van der Waals surface area contributed by atoms with Crippen molar-refractivity contribution in [3.63, 3.8) is 0 Å². The van der Waals surface area contributed by atoms with Crippen molar-refractivity contribution in [2.75, 3.05) is 5.32 Å². The molecule has 7 heteroatoms. The summed E-state index contributed by atoms with van der Waals surface area (Å²) < 4.78 is 0. The lowest BCUT2D eigenvalue weighted by atomic mass is 9.84. The first-order valence-electron chi connectivity index (χ1n) is 10.9. The van der Waals surface area contributed by atoms with Gasteiger partial charge in [0.1, 0.15) is 6.04 Å². The minimum absolute atomic E-state index is 0.0556. The van der Waals surface area contributed by atoms with E-state index in [0.29, 0.717) is 12.5 Å². The number of amides is 4. The van der Waals surface area contributed by atoms with Crippen LogP contribution < -0.4 is 21.3 Å². The van der Waals surface area contributed by atoms with Crippen molar-refractivity contribution in [2.45, 2.75) is 57.0 Å². The fraction of sp³-hybridized carbons (Fsp3) is 0.375. The molecule has 1 heterocycles. The minimum Gasteiger partial charge on any atom is -0.356 e. The smallest absolute Gasteiger partial charge is 0.322 e. The highest BCUT2D eigenvalue weighted by Crippen LogP contribution is 2.33. The Morgan fingerprint density at radius 1 is 0.903 bits per heavy atom. The van der Waals surface area contributed by atoms with Gasteiger partial charge in [0.25, 0.3) is 0 Å². The highest BCUT2D eigenvalue weighted by atomic mass is 16.2. The zero-order chi connectivity index (χ0) is 21.6. The summed E-state index contributed by atoms with van der Waals surface area (Å²) in [6, 6.07) is 15.0. The molecule has 1 aliphatic heterocycles. The maximum atomic E-state index is 12.2. The monoisotopic (exact) mass is 420 g/mol. The highest BCUT2D eigenvalue weighted by Gasteiger charge is 2.29. The van der Waals surface area contributed by atoms with E-state index in [4.69, 9.17) is 0 Å². The van der Waals surface area contributed by atoms with Gasteiger partial charge in [0.05, 0.1) is 6.42 Å². The zero-order valence-electron chi connectivity index (χ0n) is 17.4. The van der Waals surface area contributed by atoms with E-state index in [0.717, 1.165) is 16.9 Å². The van der Waals surface area contributed by atoms with Crippen LogP contribution in [0.4, 0.5) is 16.2 Å². The molecule has 2 aromatic rings. The SMILES string of the molecule is O=C1C[C@@H](C(=O)NCc2ccc(Nc3ccc(C4CCCCC4)cc3)cc2)NC(=O)N1. The third kappa shape index (κ3) is 5.63. The number of anilines is 2. The molecule has 0 aromatic heterocycles. The van der Waals surface area contributed by atoms with E-state index in [9.17, 15) is 14.4 Å². The van der Waals surface area contributed by atoms with Gasteiger partial charge in [-0.2, -0.15) is 0 Å². The Balaban J connectivity index is 1.27. The molecule has 162 valence electrons. The molecule has 4 rings (SSSR count). The van der Waals surface area contributed by atoms with Crippen LogP contribution in [0.2, 0.25) is 0 Å². The predicted octanol–water partition coefficient (Wildman–Crippen LogP) is 3.69. The summed E-state index contributed by atoms with van der Waals surface area (Å²) in [5.41, 5.74) is 4.38. The van der Waals surface area contributed by atoms with Crippen LogP contribution in [-0.4, -0.2) is 23.9 Å². The van der Waals surface area contributed by atoms with E-state index in [1.165, 1.54) is 37.7 Å². The molecule has 7 nitrogen and oxygen atoms in total. The number of benzene rings is 2. The molecule has 1 atom stereocenters. The van der Waals surface area contributed by atoms with Gasteiger partial charge in [-0.1, -0.05) is 43.5 Å². The normalized spacial score (nSPS) is 19.3. The first kappa shape index (κ1) is 20.9. The Kier molecular flexibility index (Phi) is 6.50. The summed E-state index contributed by atoms with van der Waals surface area (Å²) in [5.74, 6) is -0.122. The molecule has 2 aromatic carbocycles. The summed E-state index contributed by atoms with van der Waals surface area (Å²) in [7, 11) is 0. The lowest BCUT2D eigenvalue weighted by Gasteiger charge is -2.22. The molecule has 4 N–H and O–H groups in total. The molecule has 2 fully saturated rings. The van der Waals surface area contributed by atoms with E-state index < -0.39 is 18.0 Å². The molecule has 0 bridgehead atoms. The number of imide groups is 1. The van der Waals surface area contributed by atoms with Crippen molar-refractivity contribution in [3.05, 3.63) is 59.7 Å². The van der Waals surface area contributed by atoms with Crippen LogP contribution in [0.5, 0.6) is 0 Å². The van der Waals surface area contributed by atoms with Crippen molar-refractivity contribution in [3.8, 4) is 0 Å². The highest BCUT2D eigenvalue weighted by molar-refractivity contribution is 6.02. The number of nitrogens with one attached hydrogen (secondary N) is 4. The Morgan fingerprint density at radius 3 is 2.19 bits per heavy atom. The summed E-state index contributed by atoms with van der Waals surface area (Å²) in [5, 5.41) is 10.7. The van der Waals surface area contributed by atoms with Gasteiger partial charge in [-0.05, 0) is 54.2 Å². The van der Waals surface area contributed by atoms with Crippen LogP contribution in [0.1, 0.15) is 55.6 Å². The molecular weight excluding hydrogens is 392 g/mol. The number of urea groups is 1. The minimum atomic E-state index is -0.834. The maximum Gasteiger partial charge on any atom is 0.322 e. The summed E-state index contributed by atoms with van der Waals surface area (Å²) >= 11 is 0. The lowest BCUT2D eigenvalue weighted by Crippen LogP contribution is -2.57. The Morgan fingerprint density at radius 2 is 1.55 bits per heavy atom. The largest absolute Gasteiger partial charge is 0.356 e. The zero-order valence-corrected chi connectivity index (χ0v) is 17.4. The molecule has 0 radical (unpaired) electrons. The molecule has 31 heavy (non-hydrogen) atoms. The van der Waals surface area contributed by atoms with Crippen LogP contribution in [0, 0.1) is 0 Å². The van der Waals surface area contributed by atoms with Gasteiger partial charge in [-0.15, -0.1) is 0 Å². The second-order valence-electron chi connectivity index (χ2n) is 8.28. The summed E-state index contributed by atoms with van der Waals surface area (Å²) in [6.07, 6.45) is 6.57. The standard InChI is InChI=1S/C24H28N4O3/c29-22-14-21(27-24(31)28-22)23(30)25-15-16-6-10-19(11-7-16)26-20-12-8-18(9-13-20)17-4-2-1-3-5-17/h6-13,17,21,26H,1-5,14-15H2,(H,25,30)(H2,27,28,29,31)/t21-/m0/s1. The average Bonchev–Trinajstić information content (AvgIpc) is 2.79. The summed E-state index contributed by atoms with van der Waals surface area (Å²) in [6.45, 7) is 0.323. The lowest BCUT2D eigenvalue weighted by molar-refractivity contribution is -0.128. The van der Waals surface area contributed by atoms with Crippen LogP contribution >= 0.6 is 0 Å². The molecule has 0 unspecified atom stereocenters. The van der Waals surface area contributed by atoms with E-state index >= 15 is 0 Å². The maximum absolute atomic E-state index is 12.2. The molecule has 4 amide bonds. The van der Waals surface area contributed by atoms with Gasteiger partial charge in [0.15, 0.2) is 0 Å². The van der Waals surface area contributed by atoms with Crippen molar-refractivity contribution >= 4 is 29.2 Å². The quantitative estimate of drug-likeness (QED) is 0.573. The summed E-state index contributed by atoms with van der Waals surface area (Å²) in [4.78, 5) is 34.9. The number of hydrogen-bond donors (Lipinski definition) is 4. The van der Waals surface area contributed by atoms with Gasteiger partial charge < -0.3 is 16.0 Å². The number of rotatable bonds is 6. The number of carbonyl (C=O) groups is 3.